The molecule has 0 aliphatic rings. The van der Waals surface area contributed by atoms with Crippen molar-refractivity contribution in [2.24, 2.45) is 0 Å². The predicted octanol–water partition coefficient (Wildman–Crippen LogP) is 1.70. The Kier molecular flexibility index (Phi) is 3.30. The Morgan fingerprint density at radius 2 is 2.00 bits per heavy atom. The van der Waals surface area contributed by atoms with Gasteiger partial charge in [-0.2, -0.15) is 5.10 Å². The molecule has 0 saturated carbocycles. The zero-order valence-electron chi connectivity index (χ0n) is 10.9. The van der Waals surface area contributed by atoms with Crippen molar-refractivity contribution in [2.45, 2.75) is 0 Å². The van der Waals surface area contributed by atoms with Gasteiger partial charge < -0.3 is 11.1 Å². The first-order valence-electron chi connectivity index (χ1n) is 6.21. The Labute approximate surface area is 120 Å². The number of anilines is 2. The van der Waals surface area contributed by atoms with Crippen molar-refractivity contribution in [3.8, 4) is 11.3 Å². The molecule has 0 saturated heterocycles. The summed E-state index contributed by atoms with van der Waals surface area (Å²) < 4.78 is 0. The highest BCUT2D eigenvalue weighted by molar-refractivity contribution is 6.05. The molecule has 21 heavy (non-hydrogen) atoms. The number of aromatic nitrogens is 4. The zero-order chi connectivity index (χ0) is 14.7. The van der Waals surface area contributed by atoms with Gasteiger partial charge in [-0.25, -0.2) is 9.97 Å². The SMILES string of the molecule is Nc1nccnc1C(=O)Nc1cccc(-c2ccn[nH]2)c1. The van der Waals surface area contributed by atoms with Gasteiger partial charge in [-0.3, -0.25) is 9.89 Å². The van der Waals surface area contributed by atoms with Crippen LogP contribution in [-0.4, -0.2) is 26.1 Å². The second-order valence-corrected chi connectivity index (χ2v) is 4.30. The molecule has 0 aliphatic carbocycles. The topological polar surface area (TPSA) is 110 Å². The fourth-order valence-corrected chi connectivity index (χ4v) is 1.90. The molecule has 0 fully saturated rings. The van der Waals surface area contributed by atoms with Gasteiger partial charge in [0.1, 0.15) is 0 Å². The van der Waals surface area contributed by atoms with Crippen LogP contribution < -0.4 is 11.1 Å². The third kappa shape index (κ3) is 2.71. The van der Waals surface area contributed by atoms with Gasteiger partial charge in [-0.15, -0.1) is 0 Å². The fourth-order valence-electron chi connectivity index (χ4n) is 1.90. The summed E-state index contributed by atoms with van der Waals surface area (Å²) in [5.74, 6) is -0.304. The quantitative estimate of drug-likeness (QED) is 0.676. The van der Waals surface area contributed by atoms with Gasteiger partial charge in [0.2, 0.25) is 0 Å². The molecule has 3 aromatic rings. The van der Waals surface area contributed by atoms with E-state index in [1.165, 1.54) is 12.4 Å². The second-order valence-electron chi connectivity index (χ2n) is 4.30. The highest BCUT2D eigenvalue weighted by Gasteiger charge is 2.12. The maximum Gasteiger partial charge on any atom is 0.278 e. The maximum atomic E-state index is 12.1. The van der Waals surface area contributed by atoms with Gasteiger partial charge in [-0.05, 0) is 18.2 Å². The molecule has 1 amide bonds. The zero-order valence-corrected chi connectivity index (χ0v) is 10.9. The van der Waals surface area contributed by atoms with E-state index < -0.39 is 5.91 Å². The van der Waals surface area contributed by atoms with Crippen LogP contribution in [0, 0.1) is 0 Å². The number of carbonyl (C=O) groups is 1. The van der Waals surface area contributed by atoms with Crippen LogP contribution in [0.4, 0.5) is 11.5 Å². The molecule has 2 aromatic heterocycles. The average Bonchev–Trinajstić information content (AvgIpc) is 3.02. The van der Waals surface area contributed by atoms with Crippen molar-refractivity contribution < 1.29 is 4.79 Å². The predicted molar refractivity (Wildman–Crippen MR) is 78.4 cm³/mol. The minimum Gasteiger partial charge on any atom is -0.382 e. The first-order valence-corrected chi connectivity index (χ1v) is 6.21. The molecule has 0 unspecified atom stereocenters. The van der Waals surface area contributed by atoms with E-state index in [1.54, 1.807) is 12.3 Å². The number of amides is 1. The number of benzene rings is 1. The summed E-state index contributed by atoms with van der Waals surface area (Å²) in [4.78, 5) is 19.9. The minimum atomic E-state index is -0.401. The van der Waals surface area contributed by atoms with E-state index in [0.717, 1.165) is 11.3 Å². The van der Waals surface area contributed by atoms with Gasteiger partial charge in [0.25, 0.3) is 5.91 Å². The highest BCUT2D eigenvalue weighted by Crippen LogP contribution is 2.20. The Morgan fingerprint density at radius 3 is 2.76 bits per heavy atom. The van der Waals surface area contributed by atoms with E-state index in [-0.39, 0.29) is 11.5 Å². The molecule has 3 rings (SSSR count). The lowest BCUT2D eigenvalue weighted by Crippen LogP contribution is -2.16. The van der Waals surface area contributed by atoms with E-state index >= 15 is 0 Å². The van der Waals surface area contributed by atoms with E-state index in [9.17, 15) is 4.79 Å². The number of nitrogen functional groups attached to an aromatic ring is 1. The summed E-state index contributed by atoms with van der Waals surface area (Å²) >= 11 is 0. The first-order chi connectivity index (χ1) is 10.2. The third-order valence-corrected chi connectivity index (χ3v) is 2.87. The van der Waals surface area contributed by atoms with Crippen LogP contribution in [0.25, 0.3) is 11.3 Å². The van der Waals surface area contributed by atoms with Crippen LogP contribution in [0.15, 0.2) is 48.9 Å². The van der Waals surface area contributed by atoms with Crippen molar-refractivity contribution in [3.05, 3.63) is 54.6 Å². The van der Waals surface area contributed by atoms with Crippen molar-refractivity contribution in [1.82, 2.24) is 20.2 Å². The lowest BCUT2D eigenvalue weighted by atomic mass is 10.1. The van der Waals surface area contributed by atoms with Gasteiger partial charge in [0, 0.05) is 29.8 Å². The third-order valence-electron chi connectivity index (χ3n) is 2.87. The first kappa shape index (κ1) is 12.8. The number of nitrogens with two attached hydrogens (primary N) is 1. The molecule has 0 spiro atoms. The molecule has 104 valence electrons. The van der Waals surface area contributed by atoms with Gasteiger partial charge in [0.15, 0.2) is 11.5 Å². The number of nitrogens with one attached hydrogen (secondary N) is 2. The Hall–Kier alpha value is -3.22. The van der Waals surface area contributed by atoms with E-state index in [2.05, 4.69) is 25.5 Å². The van der Waals surface area contributed by atoms with Gasteiger partial charge in [-0.1, -0.05) is 12.1 Å². The van der Waals surface area contributed by atoms with Crippen LogP contribution in [0.5, 0.6) is 0 Å². The number of H-pyrrole nitrogens is 1. The summed E-state index contributed by atoms with van der Waals surface area (Å²) in [6.45, 7) is 0. The molecule has 1 aromatic carbocycles. The Morgan fingerprint density at radius 1 is 1.14 bits per heavy atom. The Bertz CT molecular complexity index is 769. The smallest absolute Gasteiger partial charge is 0.278 e. The van der Waals surface area contributed by atoms with Crippen LogP contribution in [0.2, 0.25) is 0 Å². The number of rotatable bonds is 3. The molecule has 7 heteroatoms. The van der Waals surface area contributed by atoms with Gasteiger partial charge >= 0.3 is 0 Å². The molecule has 2 heterocycles. The van der Waals surface area contributed by atoms with E-state index in [0.29, 0.717) is 5.69 Å². The lowest BCUT2D eigenvalue weighted by Gasteiger charge is -2.07. The molecule has 0 aliphatic heterocycles. The summed E-state index contributed by atoms with van der Waals surface area (Å²) in [7, 11) is 0. The molecule has 0 radical (unpaired) electrons. The van der Waals surface area contributed by atoms with Crippen molar-refractivity contribution >= 4 is 17.4 Å². The maximum absolute atomic E-state index is 12.1. The number of aromatic amines is 1. The second kappa shape index (κ2) is 5.41. The summed E-state index contributed by atoms with van der Waals surface area (Å²) in [5.41, 5.74) is 8.15. The molecule has 0 bridgehead atoms. The largest absolute Gasteiger partial charge is 0.382 e. The van der Waals surface area contributed by atoms with E-state index in [1.807, 2.05) is 24.3 Å². The summed E-state index contributed by atoms with van der Waals surface area (Å²) in [6, 6.07) is 9.22. The van der Waals surface area contributed by atoms with Crippen LogP contribution >= 0.6 is 0 Å². The standard InChI is InChI=1S/C14H12N6O/c15-13-12(16-6-7-17-13)14(21)19-10-3-1-2-9(8-10)11-4-5-18-20-11/h1-8H,(H2,15,17)(H,18,20)(H,19,21). The van der Waals surface area contributed by atoms with Gasteiger partial charge in [0.05, 0.1) is 5.69 Å². The number of hydrogen-bond donors (Lipinski definition) is 3. The van der Waals surface area contributed by atoms with Crippen LogP contribution in [-0.2, 0) is 0 Å². The highest BCUT2D eigenvalue weighted by atomic mass is 16.1. The average molecular weight is 280 g/mol. The Balaban J connectivity index is 1.84. The van der Waals surface area contributed by atoms with Crippen molar-refractivity contribution in [3.63, 3.8) is 0 Å². The number of carbonyl (C=O) groups excluding carboxylic acids is 1. The lowest BCUT2D eigenvalue weighted by molar-refractivity contribution is 0.102. The molecule has 4 N–H and O–H groups in total. The number of nitrogens with zero attached hydrogens (tertiary/aromatic N) is 3. The molecule has 7 nitrogen and oxygen atoms in total. The fraction of sp³-hybridized carbons (Fsp3) is 0. The van der Waals surface area contributed by atoms with Crippen LogP contribution in [0.3, 0.4) is 0 Å². The molecular formula is C14H12N6O. The monoisotopic (exact) mass is 280 g/mol. The number of hydrogen-bond acceptors (Lipinski definition) is 5. The van der Waals surface area contributed by atoms with E-state index in [4.69, 9.17) is 5.73 Å². The minimum absolute atomic E-state index is 0.0970. The molecule has 0 atom stereocenters. The van der Waals surface area contributed by atoms with Crippen molar-refractivity contribution in [2.75, 3.05) is 11.1 Å². The molecular weight excluding hydrogens is 268 g/mol. The van der Waals surface area contributed by atoms with Crippen LogP contribution in [0.1, 0.15) is 10.5 Å². The summed E-state index contributed by atoms with van der Waals surface area (Å²) in [6.07, 6.45) is 4.53. The summed E-state index contributed by atoms with van der Waals surface area (Å²) in [5, 5.41) is 9.52. The normalized spacial score (nSPS) is 10.3. The van der Waals surface area contributed by atoms with Crippen molar-refractivity contribution in [1.29, 1.82) is 0 Å².